The van der Waals surface area contributed by atoms with Gasteiger partial charge in [0.2, 0.25) is 11.8 Å². The Labute approximate surface area is 159 Å². The first kappa shape index (κ1) is 19.4. The maximum absolute atomic E-state index is 12.7. The molecular formula is C20H28N4O3. The molecule has 1 aromatic heterocycles. The molecule has 1 fully saturated rings. The molecule has 7 nitrogen and oxygen atoms in total. The van der Waals surface area contributed by atoms with Crippen LogP contribution in [0.2, 0.25) is 0 Å². The van der Waals surface area contributed by atoms with Crippen LogP contribution in [0.1, 0.15) is 32.5 Å². The number of carbonyl (C=O) groups is 2. The van der Waals surface area contributed by atoms with Gasteiger partial charge in [0.25, 0.3) is 0 Å². The number of imidazole rings is 1. The Balaban J connectivity index is 1.79. The fraction of sp³-hybridized carbons (Fsp3) is 0.550. The van der Waals surface area contributed by atoms with Crippen molar-refractivity contribution >= 4 is 22.8 Å². The van der Waals surface area contributed by atoms with E-state index >= 15 is 0 Å². The Kier molecular flexibility index (Phi) is 6.45. The van der Waals surface area contributed by atoms with Gasteiger partial charge in [-0.2, -0.15) is 0 Å². The van der Waals surface area contributed by atoms with Gasteiger partial charge in [0.15, 0.2) is 0 Å². The van der Waals surface area contributed by atoms with Crippen LogP contribution in [0.5, 0.6) is 0 Å². The van der Waals surface area contributed by atoms with Gasteiger partial charge in [-0.15, -0.1) is 0 Å². The van der Waals surface area contributed by atoms with Crippen LogP contribution >= 0.6 is 0 Å². The van der Waals surface area contributed by atoms with Gasteiger partial charge >= 0.3 is 0 Å². The van der Waals surface area contributed by atoms with Gasteiger partial charge in [0.1, 0.15) is 12.4 Å². The molecule has 2 heterocycles. The molecule has 1 aromatic carbocycles. The number of para-hydroxylation sites is 2. The van der Waals surface area contributed by atoms with Crippen molar-refractivity contribution in [2.24, 2.45) is 5.92 Å². The highest BCUT2D eigenvalue weighted by molar-refractivity contribution is 5.82. The largest absolute Gasteiger partial charge is 0.378 e. The molecule has 0 unspecified atom stereocenters. The van der Waals surface area contributed by atoms with Crippen molar-refractivity contribution in [2.75, 3.05) is 26.3 Å². The fourth-order valence-corrected chi connectivity index (χ4v) is 3.45. The summed E-state index contributed by atoms with van der Waals surface area (Å²) < 4.78 is 7.24. The monoisotopic (exact) mass is 372 g/mol. The van der Waals surface area contributed by atoms with Gasteiger partial charge in [0, 0.05) is 19.0 Å². The van der Waals surface area contributed by atoms with Crippen LogP contribution in [0, 0.1) is 5.92 Å². The van der Waals surface area contributed by atoms with Crippen LogP contribution in [0.4, 0.5) is 0 Å². The SMILES string of the molecule is CCC(CC)C(=O)NCc1nc2ccccc2n1CC(=O)N1CCOCC1. The van der Waals surface area contributed by atoms with Crippen molar-refractivity contribution in [1.29, 1.82) is 0 Å². The predicted octanol–water partition coefficient (Wildman–Crippen LogP) is 1.95. The molecule has 1 aliphatic heterocycles. The summed E-state index contributed by atoms with van der Waals surface area (Å²) in [6.07, 6.45) is 1.63. The number of ether oxygens (including phenoxy) is 1. The molecule has 27 heavy (non-hydrogen) atoms. The number of hydrogen-bond donors (Lipinski definition) is 1. The Morgan fingerprint density at radius 1 is 1.19 bits per heavy atom. The number of fused-ring (bicyclic) bond motifs is 1. The first-order valence-corrected chi connectivity index (χ1v) is 9.71. The van der Waals surface area contributed by atoms with E-state index in [0.717, 1.165) is 23.9 Å². The molecular weight excluding hydrogens is 344 g/mol. The summed E-state index contributed by atoms with van der Waals surface area (Å²) in [5.74, 6) is 0.807. The molecule has 0 radical (unpaired) electrons. The smallest absolute Gasteiger partial charge is 0.242 e. The van der Waals surface area contributed by atoms with E-state index in [1.165, 1.54) is 0 Å². The summed E-state index contributed by atoms with van der Waals surface area (Å²) in [6.45, 7) is 6.97. The van der Waals surface area contributed by atoms with Gasteiger partial charge < -0.3 is 19.5 Å². The van der Waals surface area contributed by atoms with Crippen molar-refractivity contribution < 1.29 is 14.3 Å². The molecule has 1 saturated heterocycles. The van der Waals surface area contributed by atoms with E-state index in [9.17, 15) is 9.59 Å². The maximum atomic E-state index is 12.7. The van der Waals surface area contributed by atoms with Crippen molar-refractivity contribution in [3.63, 3.8) is 0 Å². The Morgan fingerprint density at radius 2 is 1.89 bits per heavy atom. The quantitative estimate of drug-likeness (QED) is 0.806. The maximum Gasteiger partial charge on any atom is 0.242 e. The van der Waals surface area contributed by atoms with Gasteiger partial charge in [-0.3, -0.25) is 9.59 Å². The highest BCUT2D eigenvalue weighted by Crippen LogP contribution is 2.17. The highest BCUT2D eigenvalue weighted by atomic mass is 16.5. The molecule has 2 aromatic rings. The highest BCUT2D eigenvalue weighted by Gasteiger charge is 2.21. The molecule has 2 amide bonds. The molecule has 146 valence electrons. The van der Waals surface area contributed by atoms with Gasteiger partial charge in [0.05, 0.1) is 30.8 Å². The third-order valence-electron chi connectivity index (χ3n) is 5.17. The number of nitrogens with one attached hydrogen (secondary N) is 1. The van der Waals surface area contributed by atoms with Gasteiger partial charge in [-0.1, -0.05) is 26.0 Å². The number of benzene rings is 1. The zero-order chi connectivity index (χ0) is 19.2. The van der Waals surface area contributed by atoms with Crippen molar-refractivity contribution in [1.82, 2.24) is 19.8 Å². The number of hydrogen-bond acceptors (Lipinski definition) is 4. The number of nitrogens with zero attached hydrogens (tertiary/aromatic N) is 3. The first-order chi connectivity index (χ1) is 13.1. The molecule has 0 saturated carbocycles. The van der Waals surface area contributed by atoms with Crippen LogP contribution in [0.25, 0.3) is 11.0 Å². The minimum Gasteiger partial charge on any atom is -0.378 e. The summed E-state index contributed by atoms with van der Waals surface area (Å²) in [7, 11) is 0. The Hall–Kier alpha value is -2.41. The second-order valence-electron chi connectivity index (χ2n) is 6.83. The summed E-state index contributed by atoms with van der Waals surface area (Å²) >= 11 is 0. The number of rotatable bonds is 7. The van der Waals surface area contributed by atoms with Crippen molar-refractivity contribution in [3.8, 4) is 0 Å². The van der Waals surface area contributed by atoms with E-state index < -0.39 is 0 Å². The van der Waals surface area contributed by atoms with E-state index in [4.69, 9.17) is 4.74 Å². The minimum atomic E-state index is 0.0119. The summed E-state index contributed by atoms with van der Waals surface area (Å²) in [5, 5.41) is 2.99. The third-order valence-corrected chi connectivity index (χ3v) is 5.17. The van der Waals surface area contributed by atoms with Crippen LogP contribution in [-0.4, -0.2) is 52.6 Å². The van der Waals surface area contributed by atoms with Gasteiger partial charge in [-0.25, -0.2) is 4.98 Å². The normalized spacial score (nSPS) is 14.7. The lowest BCUT2D eigenvalue weighted by atomic mass is 10.0. The average Bonchev–Trinajstić information content (AvgIpc) is 3.05. The number of morpholine rings is 1. The molecule has 1 N–H and O–H groups in total. The van der Waals surface area contributed by atoms with E-state index in [1.54, 1.807) is 0 Å². The molecule has 3 rings (SSSR count). The second kappa shape index (κ2) is 8.99. The molecule has 1 aliphatic rings. The fourth-order valence-electron chi connectivity index (χ4n) is 3.45. The molecule has 0 atom stereocenters. The lowest BCUT2D eigenvalue weighted by Gasteiger charge is -2.27. The summed E-state index contributed by atoms with van der Waals surface area (Å²) in [6, 6.07) is 7.75. The minimum absolute atomic E-state index is 0.0119. The number of amides is 2. The van der Waals surface area contributed by atoms with E-state index in [2.05, 4.69) is 10.3 Å². The number of carbonyl (C=O) groups excluding carboxylic acids is 2. The van der Waals surface area contributed by atoms with E-state index in [0.29, 0.717) is 38.7 Å². The predicted molar refractivity (Wildman–Crippen MR) is 103 cm³/mol. The molecule has 7 heteroatoms. The first-order valence-electron chi connectivity index (χ1n) is 9.71. The Bertz CT molecular complexity index is 792. The molecule has 0 spiro atoms. The van der Waals surface area contributed by atoms with Crippen LogP contribution in [0.3, 0.4) is 0 Å². The summed E-state index contributed by atoms with van der Waals surface area (Å²) in [5.41, 5.74) is 1.74. The third kappa shape index (κ3) is 4.47. The standard InChI is InChI=1S/C20H28N4O3/c1-3-15(4-2)20(26)21-13-18-22-16-7-5-6-8-17(16)24(18)14-19(25)23-9-11-27-12-10-23/h5-8,15H,3-4,9-14H2,1-2H3,(H,21,26). The van der Waals surface area contributed by atoms with Crippen molar-refractivity contribution in [2.45, 2.75) is 39.8 Å². The summed E-state index contributed by atoms with van der Waals surface area (Å²) in [4.78, 5) is 31.5. The lowest BCUT2D eigenvalue weighted by Crippen LogP contribution is -2.42. The Morgan fingerprint density at radius 3 is 2.59 bits per heavy atom. The topological polar surface area (TPSA) is 76.5 Å². The molecule has 0 aliphatic carbocycles. The number of aromatic nitrogens is 2. The van der Waals surface area contributed by atoms with Crippen LogP contribution in [-0.2, 0) is 27.4 Å². The van der Waals surface area contributed by atoms with Crippen LogP contribution < -0.4 is 5.32 Å². The zero-order valence-electron chi connectivity index (χ0n) is 16.1. The second-order valence-corrected chi connectivity index (χ2v) is 6.83. The average molecular weight is 372 g/mol. The zero-order valence-corrected chi connectivity index (χ0v) is 16.1. The van der Waals surface area contributed by atoms with E-state index in [1.807, 2.05) is 47.6 Å². The van der Waals surface area contributed by atoms with Crippen LogP contribution in [0.15, 0.2) is 24.3 Å². The molecule has 0 bridgehead atoms. The van der Waals surface area contributed by atoms with E-state index in [-0.39, 0.29) is 24.3 Å². The van der Waals surface area contributed by atoms with Gasteiger partial charge in [-0.05, 0) is 25.0 Å². The lowest BCUT2D eigenvalue weighted by molar-refractivity contribution is -0.135. The van der Waals surface area contributed by atoms with Crippen molar-refractivity contribution in [3.05, 3.63) is 30.1 Å².